The summed E-state index contributed by atoms with van der Waals surface area (Å²) in [6.07, 6.45) is 4.67. The van der Waals surface area contributed by atoms with Gasteiger partial charge in [-0.05, 0) is 53.5 Å². The molecule has 0 spiro atoms. The van der Waals surface area contributed by atoms with Crippen LogP contribution < -0.4 is 4.74 Å². The van der Waals surface area contributed by atoms with Crippen LogP contribution in [0.25, 0.3) is 11.6 Å². The van der Waals surface area contributed by atoms with Gasteiger partial charge < -0.3 is 9.84 Å². The number of fused-ring (bicyclic) bond motifs is 2. The van der Waals surface area contributed by atoms with Crippen molar-refractivity contribution < 1.29 is 9.84 Å². The van der Waals surface area contributed by atoms with Gasteiger partial charge in [0.2, 0.25) is 0 Å². The second kappa shape index (κ2) is 7.68. The van der Waals surface area contributed by atoms with Gasteiger partial charge in [-0.15, -0.1) is 0 Å². The number of allylic oxidation sites excluding steroid dienone is 1. The Labute approximate surface area is 138 Å². The number of aromatic hydroxyl groups is 1. The zero-order chi connectivity index (χ0) is 16.8. The van der Waals surface area contributed by atoms with Gasteiger partial charge in [0.1, 0.15) is 17.6 Å². The standard InChI is InChI=1S/C19H18O2.C2H6/c1-13-11-16-5-3-4-6-19(16)21-14(2)7-8-15-12-17(20)9-10-18(13)15;1-2/h3-10,12,14,20H,1,11H2,2H3;1-2H3/b8-7-;. The fourth-order valence-electron chi connectivity index (χ4n) is 2.58. The van der Waals surface area contributed by atoms with Crippen molar-refractivity contribution in [2.24, 2.45) is 0 Å². The first-order chi connectivity index (χ1) is 11.1. The highest BCUT2D eigenvalue weighted by Crippen LogP contribution is 2.30. The Morgan fingerprint density at radius 2 is 1.87 bits per heavy atom. The molecule has 0 amide bonds. The molecule has 120 valence electrons. The molecule has 1 aliphatic rings. The van der Waals surface area contributed by atoms with Crippen molar-refractivity contribution in [2.45, 2.75) is 33.3 Å². The van der Waals surface area contributed by atoms with Crippen LogP contribution in [0.5, 0.6) is 11.5 Å². The Hall–Kier alpha value is -2.48. The zero-order valence-corrected chi connectivity index (χ0v) is 14.0. The van der Waals surface area contributed by atoms with Gasteiger partial charge in [-0.25, -0.2) is 0 Å². The van der Waals surface area contributed by atoms with Crippen LogP contribution in [0, 0.1) is 0 Å². The van der Waals surface area contributed by atoms with Crippen LogP contribution in [0.4, 0.5) is 0 Å². The summed E-state index contributed by atoms with van der Waals surface area (Å²) in [4.78, 5) is 0. The van der Waals surface area contributed by atoms with E-state index in [9.17, 15) is 5.11 Å². The van der Waals surface area contributed by atoms with Gasteiger partial charge >= 0.3 is 0 Å². The van der Waals surface area contributed by atoms with E-state index in [2.05, 4.69) is 12.6 Å². The maximum Gasteiger partial charge on any atom is 0.123 e. The number of phenolic OH excluding ortho intramolecular Hbond substituents is 1. The summed E-state index contributed by atoms with van der Waals surface area (Å²) in [5.74, 6) is 1.16. The van der Waals surface area contributed by atoms with Crippen molar-refractivity contribution in [2.75, 3.05) is 0 Å². The van der Waals surface area contributed by atoms with Gasteiger partial charge in [-0.2, -0.15) is 0 Å². The minimum Gasteiger partial charge on any atom is -0.508 e. The lowest BCUT2D eigenvalue weighted by Gasteiger charge is -2.18. The lowest BCUT2D eigenvalue weighted by molar-refractivity contribution is 0.268. The second-order valence-electron chi connectivity index (χ2n) is 5.34. The first kappa shape index (κ1) is 16.9. The van der Waals surface area contributed by atoms with Gasteiger partial charge in [-0.3, -0.25) is 0 Å². The monoisotopic (exact) mass is 308 g/mol. The molecule has 1 N–H and O–H groups in total. The van der Waals surface area contributed by atoms with E-state index in [-0.39, 0.29) is 11.9 Å². The summed E-state index contributed by atoms with van der Waals surface area (Å²) in [6.45, 7) is 10.2. The number of benzene rings is 2. The Morgan fingerprint density at radius 1 is 1.13 bits per heavy atom. The number of phenols is 1. The highest BCUT2D eigenvalue weighted by molar-refractivity contribution is 5.76. The summed E-state index contributed by atoms with van der Waals surface area (Å²) in [6, 6.07) is 13.4. The largest absolute Gasteiger partial charge is 0.508 e. The molecule has 0 saturated carbocycles. The van der Waals surface area contributed by atoms with E-state index in [0.29, 0.717) is 0 Å². The number of rotatable bonds is 0. The van der Waals surface area contributed by atoms with Crippen LogP contribution in [0.3, 0.4) is 0 Å². The van der Waals surface area contributed by atoms with E-state index in [1.165, 1.54) is 0 Å². The number of hydrogen-bond acceptors (Lipinski definition) is 2. The molecule has 2 heteroatoms. The predicted molar refractivity (Wildman–Crippen MR) is 97.8 cm³/mol. The molecule has 3 rings (SSSR count). The average molecular weight is 308 g/mol. The highest BCUT2D eigenvalue weighted by atomic mass is 16.5. The van der Waals surface area contributed by atoms with Crippen LogP contribution >= 0.6 is 0 Å². The molecule has 0 radical (unpaired) electrons. The second-order valence-corrected chi connectivity index (χ2v) is 5.34. The zero-order valence-electron chi connectivity index (χ0n) is 14.0. The molecular weight excluding hydrogens is 284 g/mol. The molecule has 0 fully saturated rings. The summed E-state index contributed by atoms with van der Waals surface area (Å²) in [5, 5.41) is 9.69. The van der Waals surface area contributed by atoms with E-state index in [0.717, 1.165) is 34.4 Å². The first-order valence-corrected chi connectivity index (χ1v) is 8.07. The molecule has 0 saturated heterocycles. The van der Waals surface area contributed by atoms with Crippen molar-refractivity contribution >= 4 is 11.6 Å². The summed E-state index contributed by atoms with van der Waals surface area (Å²) in [5.41, 5.74) is 4.17. The smallest absolute Gasteiger partial charge is 0.123 e. The minimum atomic E-state index is -0.0345. The summed E-state index contributed by atoms with van der Waals surface area (Å²) >= 11 is 0. The molecule has 1 heterocycles. The molecule has 0 aromatic heterocycles. The third kappa shape index (κ3) is 4.04. The summed E-state index contributed by atoms with van der Waals surface area (Å²) in [7, 11) is 0. The van der Waals surface area contributed by atoms with Gasteiger partial charge in [0.05, 0.1) is 0 Å². The lowest BCUT2D eigenvalue weighted by Crippen LogP contribution is -2.10. The fourth-order valence-corrected chi connectivity index (χ4v) is 2.58. The number of para-hydroxylation sites is 1. The molecule has 1 aliphatic heterocycles. The molecule has 2 aromatic carbocycles. The third-order valence-electron chi connectivity index (χ3n) is 3.65. The Balaban J connectivity index is 0.000000924. The maximum absolute atomic E-state index is 9.69. The number of hydrogen-bond donors (Lipinski definition) is 1. The quantitative estimate of drug-likeness (QED) is 0.699. The van der Waals surface area contributed by atoms with Gasteiger partial charge in [-0.1, -0.05) is 50.8 Å². The molecule has 2 aromatic rings. The van der Waals surface area contributed by atoms with E-state index in [1.54, 1.807) is 12.1 Å². The topological polar surface area (TPSA) is 29.5 Å². The van der Waals surface area contributed by atoms with E-state index in [1.807, 2.05) is 57.2 Å². The van der Waals surface area contributed by atoms with Crippen LogP contribution in [0.2, 0.25) is 0 Å². The highest BCUT2D eigenvalue weighted by Gasteiger charge is 2.13. The van der Waals surface area contributed by atoms with Crippen LogP contribution in [-0.2, 0) is 6.42 Å². The van der Waals surface area contributed by atoms with Crippen LogP contribution in [-0.4, -0.2) is 11.2 Å². The van der Waals surface area contributed by atoms with Gasteiger partial charge in [0.25, 0.3) is 0 Å². The van der Waals surface area contributed by atoms with Gasteiger partial charge in [0.15, 0.2) is 0 Å². The van der Waals surface area contributed by atoms with Crippen molar-refractivity contribution in [3.63, 3.8) is 0 Å². The molecule has 0 bridgehead atoms. The van der Waals surface area contributed by atoms with Crippen molar-refractivity contribution in [1.82, 2.24) is 0 Å². The minimum absolute atomic E-state index is 0.0345. The van der Waals surface area contributed by atoms with Crippen LogP contribution in [0.15, 0.2) is 55.1 Å². The SMILES string of the molecule is C=C1Cc2ccccc2OC(C)/C=C\c2cc(O)ccc21.CC. The van der Waals surface area contributed by atoms with Crippen molar-refractivity contribution in [3.8, 4) is 11.5 Å². The average Bonchev–Trinajstić information content (AvgIpc) is 2.56. The van der Waals surface area contributed by atoms with Gasteiger partial charge in [0, 0.05) is 6.42 Å². The molecule has 1 atom stereocenters. The lowest BCUT2D eigenvalue weighted by atomic mass is 9.94. The predicted octanol–water partition coefficient (Wildman–Crippen LogP) is 5.47. The van der Waals surface area contributed by atoms with E-state index in [4.69, 9.17) is 4.74 Å². The Bertz CT molecular complexity index is 714. The fraction of sp³-hybridized carbons (Fsp3) is 0.238. The third-order valence-corrected chi connectivity index (χ3v) is 3.65. The van der Waals surface area contributed by atoms with Crippen molar-refractivity contribution in [1.29, 1.82) is 0 Å². The molecule has 23 heavy (non-hydrogen) atoms. The Morgan fingerprint density at radius 3 is 2.65 bits per heavy atom. The molecular formula is C21H24O2. The summed E-state index contributed by atoms with van der Waals surface area (Å²) < 4.78 is 5.98. The maximum atomic E-state index is 9.69. The Kier molecular flexibility index (Phi) is 5.64. The normalized spacial score (nSPS) is 17.7. The molecule has 2 nitrogen and oxygen atoms in total. The molecule has 1 unspecified atom stereocenters. The molecule has 0 aliphatic carbocycles. The number of ether oxygens (including phenoxy) is 1. The van der Waals surface area contributed by atoms with E-state index >= 15 is 0 Å². The van der Waals surface area contributed by atoms with Crippen LogP contribution in [0.1, 0.15) is 37.5 Å². The first-order valence-electron chi connectivity index (χ1n) is 8.07. The van der Waals surface area contributed by atoms with E-state index < -0.39 is 0 Å². The van der Waals surface area contributed by atoms with Crippen molar-refractivity contribution in [3.05, 3.63) is 71.8 Å².